The van der Waals surface area contributed by atoms with Gasteiger partial charge in [-0.2, -0.15) is 0 Å². The largest absolute Gasteiger partial charge is 0.491 e. The van der Waals surface area contributed by atoms with E-state index in [1.807, 2.05) is 0 Å². The Kier molecular flexibility index (Phi) is 5.32. The quantitative estimate of drug-likeness (QED) is 0.634. The number of hydrogen-bond donors (Lipinski definition) is 2. The highest BCUT2D eigenvalue weighted by Gasteiger charge is 2.06. The van der Waals surface area contributed by atoms with Crippen molar-refractivity contribution in [2.45, 2.75) is 17.9 Å². The summed E-state index contributed by atoms with van der Waals surface area (Å²) in [6.07, 6.45) is -0.501. The van der Waals surface area contributed by atoms with Gasteiger partial charge in [-0.3, -0.25) is 0 Å². The molecule has 0 aliphatic heterocycles. The lowest BCUT2D eigenvalue weighted by molar-refractivity contribution is 0.126. The molecule has 0 radical (unpaired) electrons. The maximum atomic E-state index is 9.91. The summed E-state index contributed by atoms with van der Waals surface area (Å²) in [4.78, 5) is 1.15. The van der Waals surface area contributed by atoms with Crippen LogP contribution in [0.4, 0.5) is 5.69 Å². The first-order valence-corrected chi connectivity index (χ1v) is 7.48. The monoisotopic (exact) mass is 289 g/mol. The average molecular weight is 289 g/mol. The van der Waals surface area contributed by atoms with E-state index < -0.39 is 6.10 Å². The highest BCUT2D eigenvalue weighted by molar-refractivity contribution is 7.99. The van der Waals surface area contributed by atoms with E-state index in [2.05, 4.69) is 31.2 Å². The van der Waals surface area contributed by atoms with Gasteiger partial charge in [0.2, 0.25) is 0 Å². The van der Waals surface area contributed by atoms with Crippen molar-refractivity contribution in [3.8, 4) is 5.75 Å². The molecule has 2 aromatic carbocycles. The third-order valence-electron chi connectivity index (χ3n) is 2.79. The fourth-order valence-corrected chi connectivity index (χ4v) is 2.44. The normalized spacial score (nSPS) is 12.1. The second kappa shape index (κ2) is 7.22. The van der Waals surface area contributed by atoms with Gasteiger partial charge in [-0.25, -0.2) is 0 Å². The van der Waals surface area contributed by atoms with Gasteiger partial charge in [0.25, 0.3) is 0 Å². The molecule has 2 rings (SSSR count). The van der Waals surface area contributed by atoms with Crippen LogP contribution in [0, 0.1) is 6.92 Å². The second-order valence-electron chi connectivity index (χ2n) is 4.66. The van der Waals surface area contributed by atoms with Crippen molar-refractivity contribution in [1.82, 2.24) is 0 Å². The van der Waals surface area contributed by atoms with E-state index in [9.17, 15) is 5.11 Å². The summed E-state index contributed by atoms with van der Waals surface area (Å²) in [6.45, 7) is 2.34. The van der Waals surface area contributed by atoms with E-state index in [4.69, 9.17) is 10.5 Å². The van der Waals surface area contributed by atoms with Gasteiger partial charge < -0.3 is 15.6 Å². The minimum atomic E-state index is -0.501. The molecule has 0 saturated heterocycles. The average Bonchev–Trinajstić information content (AvgIpc) is 2.46. The predicted octanol–water partition coefficient (Wildman–Crippen LogP) is 3.11. The Morgan fingerprint density at radius 1 is 1.10 bits per heavy atom. The number of aryl methyl sites for hydroxylation is 1. The van der Waals surface area contributed by atoms with Gasteiger partial charge in [-0.1, -0.05) is 17.7 Å². The van der Waals surface area contributed by atoms with Gasteiger partial charge in [-0.15, -0.1) is 11.8 Å². The number of anilines is 1. The number of nitrogens with two attached hydrogens (primary N) is 1. The van der Waals surface area contributed by atoms with Crippen LogP contribution in [0.15, 0.2) is 53.4 Å². The first-order chi connectivity index (χ1) is 9.63. The Morgan fingerprint density at radius 3 is 2.40 bits per heavy atom. The molecule has 2 aromatic rings. The van der Waals surface area contributed by atoms with Crippen molar-refractivity contribution in [1.29, 1.82) is 0 Å². The topological polar surface area (TPSA) is 55.5 Å². The molecule has 0 heterocycles. The molecule has 0 aliphatic carbocycles. The molecule has 0 spiro atoms. The SMILES string of the molecule is Cc1ccc(SCC(O)COc2ccc(N)cc2)cc1. The first kappa shape index (κ1) is 14.8. The molecule has 4 heteroatoms. The van der Waals surface area contributed by atoms with E-state index >= 15 is 0 Å². The molecule has 0 amide bonds. The van der Waals surface area contributed by atoms with Crippen LogP contribution in [0.3, 0.4) is 0 Å². The van der Waals surface area contributed by atoms with Crippen molar-refractivity contribution >= 4 is 17.4 Å². The third kappa shape index (κ3) is 4.79. The van der Waals surface area contributed by atoms with Crippen molar-refractivity contribution in [2.75, 3.05) is 18.1 Å². The minimum Gasteiger partial charge on any atom is -0.491 e. The number of ether oxygens (including phenoxy) is 1. The zero-order valence-electron chi connectivity index (χ0n) is 11.5. The zero-order valence-corrected chi connectivity index (χ0v) is 12.3. The van der Waals surface area contributed by atoms with Gasteiger partial charge in [0, 0.05) is 16.3 Å². The van der Waals surface area contributed by atoms with Crippen molar-refractivity contribution in [3.63, 3.8) is 0 Å². The summed E-state index contributed by atoms with van der Waals surface area (Å²) in [5.41, 5.74) is 7.54. The van der Waals surface area contributed by atoms with Crippen molar-refractivity contribution in [2.24, 2.45) is 0 Å². The van der Waals surface area contributed by atoms with Crippen LogP contribution in [0.2, 0.25) is 0 Å². The first-order valence-electron chi connectivity index (χ1n) is 6.49. The van der Waals surface area contributed by atoms with Gasteiger partial charge in [0.1, 0.15) is 12.4 Å². The van der Waals surface area contributed by atoms with E-state index in [0.29, 0.717) is 11.4 Å². The Bertz CT molecular complexity index is 476. The lowest BCUT2D eigenvalue weighted by Gasteiger charge is -2.12. The molecule has 0 fully saturated rings. The number of benzene rings is 2. The van der Waals surface area contributed by atoms with E-state index in [1.54, 1.807) is 36.0 Å². The maximum Gasteiger partial charge on any atom is 0.119 e. The molecular formula is C16H19NO2S. The molecule has 0 bridgehead atoms. The minimum absolute atomic E-state index is 0.281. The number of rotatable bonds is 6. The maximum absolute atomic E-state index is 9.91. The van der Waals surface area contributed by atoms with Crippen molar-refractivity contribution in [3.05, 3.63) is 54.1 Å². The third-order valence-corrected chi connectivity index (χ3v) is 3.94. The van der Waals surface area contributed by atoms with E-state index in [0.717, 1.165) is 10.6 Å². The highest BCUT2D eigenvalue weighted by atomic mass is 32.2. The lowest BCUT2D eigenvalue weighted by atomic mass is 10.2. The van der Waals surface area contributed by atoms with Gasteiger partial charge >= 0.3 is 0 Å². The van der Waals surface area contributed by atoms with Crippen LogP contribution in [-0.4, -0.2) is 23.6 Å². The molecule has 106 valence electrons. The number of thioether (sulfide) groups is 1. The Morgan fingerprint density at radius 2 is 1.75 bits per heavy atom. The molecule has 3 N–H and O–H groups in total. The molecule has 1 unspecified atom stereocenters. The molecular weight excluding hydrogens is 270 g/mol. The van der Waals surface area contributed by atoms with Crippen LogP contribution in [-0.2, 0) is 0 Å². The molecule has 0 saturated carbocycles. The Hall–Kier alpha value is -1.65. The Balaban J connectivity index is 1.73. The molecule has 3 nitrogen and oxygen atoms in total. The second-order valence-corrected chi connectivity index (χ2v) is 5.75. The number of aliphatic hydroxyl groups is 1. The summed E-state index contributed by atoms with van der Waals surface area (Å²) in [6, 6.07) is 15.4. The highest BCUT2D eigenvalue weighted by Crippen LogP contribution is 2.20. The smallest absolute Gasteiger partial charge is 0.119 e. The van der Waals surface area contributed by atoms with E-state index in [-0.39, 0.29) is 6.61 Å². The molecule has 20 heavy (non-hydrogen) atoms. The van der Waals surface area contributed by atoms with Crippen LogP contribution in [0.5, 0.6) is 5.75 Å². The van der Waals surface area contributed by atoms with Crippen LogP contribution in [0.1, 0.15) is 5.56 Å². The van der Waals surface area contributed by atoms with Gasteiger partial charge in [0.15, 0.2) is 0 Å². The fraction of sp³-hybridized carbons (Fsp3) is 0.250. The van der Waals surface area contributed by atoms with Gasteiger partial charge in [-0.05, 0) is 43.3 Å². The van der Waals surface area contributed by atoms with Crippen LogP contribution >= 0.6 is 11.8 Å². The molecule has 1 atom stereocenters. The van der Waals surface area contributed by atoms with Crippen molar-refractivity contribution < 1.29 is 9.84 Å². The summed E-state index contributed by atoms with van der Waals surface area (Å²) in [7, 11) is 0. The summed E-state index contributed by atoms with van der Waals surface area (Å²) in [5, 5.41) is 9.91. The summed E-state index contributed by atoms with van der Waals surface area (Å²) < 4.78 is 5.51. The number of nitrogen functional groups attached to an aromatic ring is 1. The molecule has 0 aromatic heterocycles. The lowest BCUT2D eigenvalue weighted by Crippen LogP contribution is -2.20. The predicted molar refractivity (Wildman–Crippen MR) is 84.3 cm³/mol. The fourth-order valence-electron chi connectivity index (χ4n) is 1.63. The number of hydrogen-bond acceptors (Lipinski definition) is 4. The standard InChI is InChI=1S/C16H19NO2S/c1-12-2-8-16(9-3-12)20-11-14(18)10-19-15-6-4-13(17)5-7-15/h2-9,14,18H,10-11,17H2,1H3. The van der Waals surface area contributed by atoms with Gasteiger partial charge in [0.05, 0.1) is 6.10 Å². The molecule has 0 aliphatic rings. The summed E-state index contributed by atoms with van der Waals surface area (Å²) in [5.74, 6) is 1.33. The number of aliphatic hydroxyl groups excluding tert-OH is 1. The van der Waals surface area contributed by atoms with Crippen LogP contribution in [0.25, 0.3) is 0 Å². The Labute approximate surface area is 123 Å². The van der Waals surface area contributed by atoms with E-state index in [1.165, 1.54) is 5.56 Å². The van der Waals surface area contributed by atoms with Crippen LogP contribution < -0.4 is 10.5 Å². The summed E-state index contributed by atoms with van der Waals surface area (Å²) >= 11 is 1.62. The zero-order chi connectivity index (χ0) is 14.4.